The Bertz CT molecular complexity index is 716. The van der Waals surface area contributed by atoms with E-state index < -0.39 is 6.67 Å². The second-order valence-corrected chi connectivity index (χ2v) is 7.65. The molecule has 0 unspecified atom stereocenters. The van der Waals surface area contributed by atoms with E-state index in [0.29, 0.717) is 49.6 Å². The highest BCUT2D eigenvalue weighted by Gasteiger charge is 2.32. The first-order valence-corrected chi connectivity index (χ1v) is 10.8. The van der Waals surface area contributed by atoms with Crippen LogP contribution in [0.3, 0.4) is 0 Å². The van der Waals surface area contributed by atoms with E-state index in [1.54, 1.807) is 12.1 Å². The molecule has 3 N–H and O–H groups in total. The van der Waals surface area contributed by atoms with Gasteiger partial charge in [-0.1, -0.05) is 6.08 Å². The highest BCUT2D eigenvalue weighted by molar-refractivity contribution is 5.98. The smallest absolute Gasteiger partial charge is 0.255 e. The molecule has 0 radical (unpaired) electrons. The molecule has 1 fully saturated rings. The van der Waals surface area contributed by atoms with Gasteiger partial charge in [-0.15, -0.1) is 6.58 Å². The van der Waals surface area contributed by atoms with Crippen molar-refractivity contribution in [3.8, 4) is 11.5 Å². The van der Waals surface area contributed by atoms with Crippen molar-refractivity contribution < 1.29 is 23.4 Å². The highest BCUT2D eigenvalue weighted by Crippen LogP contribution is 2.33. The van der Waals surface area contributed by atoms with Crippen LogP contribution in [0.4, 0.5) is 4.39 Å². The van der Waals surface area contributed by atoms with Gasteiger partial charge < -0.3 is 25.3 Å². The van der Waals surface area contributed by atoms with Crippen LogP contribution in [0.15, 0.2) is 24.8 Å². The average molecular weight is 438 g/mol. The first-order valence-electron chi connectivity index (χ1n) is 10.8. The number of carbonyl (C=O) groups is 1. The van der Waals surface area contributed by atoms with E-state index in [4.69, 9.17) is 19.9 Å². The number of rotatable bonds is 14. The van der Waals surface area contributed by atoms with Crippen LogP contribution in [-0.4, -0.2) is 76.6 Å². The van der Waals surface area contributed by atoms with Crippen molar-refractivity contribution >= 4 is 5.91 Å². The topological polar surface area (TPSA) is 86.1 Å². The molecule has 8 heteroatoms. The number of nitrogens with zero attached hydrogens (tertiary/aromatic N) is 1. The lowest BCUT2D eigenvalue weighted by Gasteiger charge is -2.23. The van der Waals surface area contributed by atoms with E-state index in [9.17, 15) is 9.18 Å². The molecule has 1 aliphatic rings. The predicted molar refractivity (Wildman–Crippen MR) is 120 cm³/mol. The molecule has 1 heterocycles. The maximum atomic E-state index is 13.0. The monoisotopic (exact) mass is 437 g/mol. The summed E-state index contributed by atoms with van der Waals surface area (Å²) in [4.78, 5) is 15.3. The summed E-state index contributed by atoms with van der Waals surface area (Å²) in [6, 6.07) is 3.69. The van der Waals surface area contributed by atoms with Crippen LogP contribution in [0.1, 0.15) is 35.2 Å². The third-order valence-electron chi connectivity index (χ3n) is 5.44. The van der Waals surface area contributed by atoms with E-state index in [0.717, 1.165) is 31.5 Å². The van der Waals surface area contributed by atoms with Crippen molar-refractivity contribution in [3.05, 3.63) is 35.9 Å². The lowest BCUT2D eigenvalue weighted by atomic mass is 10.0. The number of carbonyl (C=O) groups excluding carboxylic acids is 1. The Kier molecular flexibility index (Phi) is 10.8. The Hall–Kier alpha value is -2.16. The number of ether oxygens (including phenoxy) is 3. The number of amides is 1. The summed E-state index contributed by atoms with van der Waals surface area (Å²) < 4.78 is 29.4. The zero-order valence-electron chi connectivity index (χ0n) is 18.7. The zero-order valence-corrected chi connectivity index (χ0v) is 18.7. The van der Waals surface area contributed by atoms with Gasteiger partial charge in [-0.25, -0.2) is 0 Å². The van der Waals surface area contributed by atoms with Gasteiger partial charge in [0.15, 0.2) is 11.5 Å². The van der Waals surface area contributed by atoms with Crippen molar-refractivity contribution in [1.29, 1.82) is 0 Å². The number of methoxy groups -OCH3 is 2. The van der Waals surface area contributed by atoms with Gasteiger partial charge >= 0.3 is 0 Å². The number of hydrogen-bond acceptors (Lipinski definition) is 6. The summed E-state index contributed by atoms with van der Waals surface area (Å²) in [5.74, 6) is 0.594. The van der Waals surface area contributed by atoms with E-state index in [2.05, 4.69) is 16.8 Å². The molecule has 2 atom stereocenters. The summed E-state index contributed by atoms with van der Waals surface area (Å²) in [6.45, 7) is 6.68. The van der Waals surface area contributed by atoms with Crippen LogP contribution in [0, 0.1) is 0 Å². The summed E-state index contributed by atoms with van der Waals surface area (Å²) in [5.41, 5.74) is 6.77. The number of nitrogens with two attached hydrogens (primary N) is 1. The van der Waals surface area contributed by atoms with Gasteiger partial charge in [0.1, 0.15) is 0 Å². The van der Waals surface area contributed by atoms with Gasteiger partial charge in [0.05, 0.1) is 32.6 Å². The van der Waals surface area contributed by atoms with Gasteiger partial charge in [-0.3, -0.25) is 14.1 Å². The van der Waals surface area contributed by atoms with Crippen LogP contribution in [0.2, 0.25) is 0 Å². The molecule has 0 bridgehead atoms. The Morgan fingerprint density at radius 2 is 2.16 bits per heavy atom. The minimum atomic E-state index is -0.411. The molecule has 7 nitrogen and oxygen atoms in total. The first kappa shape index (κ1) is 25.1. The van der Waals surface area contributed by atoms with Crippen LogP contribution in [0.5, 0.6) is 11.5 Å². The number of likely N-dealkylation sites (tertiary alicyclic amines) is 1. The molecule has 174 valence electrons. The van der Waals surface area contributed by atoms with Crippen molar-refractivity contribution in [3.63, 3.8) is 0 Å². The molecule has 0 saturated carbocycles. The summed E-state index contributed by atoms with van der Waals surface area (Å²) >= 11 is 0. The SMILES string of the molecule is C=CCN1C[C@@H](OCCCN)C[C@@H]1CNC(=O)c1cc(CCCF)cc(OC)c1OC. The molecule has 0 aliphatic carbocycles. The van der Waals surface area contributed by atoms with Crippen molar-refractivity contribution in [2.75, 3.05) is 53.7 Å². The Balaban J connectivity index is 2.08. The zero-order chi connectivity index (χ0) is 22.6. The van der Waals surface area contributed by atoms with Gasteiger partial charge in [-0.2, -0.15) is 0 Å². The average Bonchev–Trinajstić information content (AvgIpc) is 3.17. The van der Waals surface area contributed by atoms with Gasteiger partial charge in [0.2, 0.25) is 0 Å². The number of nitrogens with one attached hydrogen (secondary N) is 1. The third-order valence-corrected chi connectivity index (χ3v) is 5.44. The van der Waals surface area contributed by atoms with Crippen molar-refractivity contribution in [1.82, 2.24) is 10.2 Å². The second-order valence-electron chi connectivity index (χ2n) is 7.65. The number of halogens is 1. The number of aryl methyl sites for hydroxylation is 1. The van der Waals surface area contributed by atoms with E-state index in [1.807, 2.05) is 6.08 Å². The van der Waals surface area contributed by atoms with E-state index >= 15 is 0 Å². The second kappa shape index (κ2) is 13.3. The normalized spacial score (nSPS) is 18.7. The fraction of sp³-hybridized carbons (Fsp3) is 0.609. The number of hydrogen-bond donors (Lipinski definition) is 2. The molecule has 1 saturated heterocycles. The molecule has 1 amide bonds. The Labute approximate surface area is 184 Å². The molecule has 2 rings (SSSR count). The lowest BCUT2D eigenvalue weighted by molar-refractivity contribution is 0.0593. The Morgan fingerprint density at radius 1 is 1.35 bits per heavy atom. The molecule has 1 aliphatic heterocycles. The summed E-state index contributed by atoms with van der Waals surface area (Å²) in [5, 5.41) is 3.03. The minimum absolute atomic E-state index is 0.118. The van der Waals surface area contributed by atoms with Gasteiger partial charge in [-0.05, 0) is 49.9 Å². The summed E-state index contributed by atoms with van der Waals surface area (Å²) in [6.07, 6.45) is 4.55. The maximum Gasteiger partial charge on any atom is 0.255 e. The molecule has 0 aromatic heterocycles. The van der Waals surface area contributed by atoms with Crippen molar-refractivity contribution in [2.24, 2.45) is 5.73 Å². The predicted octanol–water partition coefficient (Wildman–Crippen LogP) is 2.33. The van der Waals surface area contributed by atoms with Crippen LogP contribution in [-0.2, 0) is 11.2 Å². The summed E-state index contributed by atoms with van der Waals surface area (Å²) in [7, 11) is 3.02. The largest absolute Gasteiger partial charge is 0.493 e. The van der Waals surface area contributed by atoms with Gasteiger partial charge in [0.25, 0.3) is 5.91 Å². The Morgan fingerprint density at radius 3 is 2.81 bits per heavy atom. The first-order chi connectivity index (χ1) is 15.1. The fourth-order valence-corrected chi connectivity index (χ4v) is 3.90. The molecule has 1 aromatic rings. The molecular formula is C23H36FN3O4. The third kappa shape index (κ3) is 7.19. The quantitative estimate of drug-likeness (QED) is 0.343. The highest BCUT2D eigenvalue weighted by atomic mass is 19.1. The van der Waals surface area contributed by atoms with Crippen LogP contribution in [0.25, 0.3) is 0 Å². The van der Waals surface area contributed by atoms with E-state index in [-0.39, 0.29) is 18.1 Å². The lowest BCUT2D eigenvalue weighted by Crippen LogP contribution is -2.40. The number of benzene rings is 1. The van der Waals surface area contributed by atoms with E-state index in [1.165, 1.54) is 14.2 Å². The molecule has 1 aromatic carbocycles. The van der Waals surface area contributed by atoms with Crippen LogP contribution >= 0.6 is 0 Å². The van der Waals surface area contributed by atoms with Crippen LogP contribution < -0.4 is 20.5 Å². The minimum Gasteiger partial charge on any atom is -0.493 e. The molecule has 0 spiro atoms. The fourth-order valence-electron chi connectivity index (χ4n) is 3.90. The number of alkyl halides is 1. The molecular weight excluding hydrogens is 401 g/mol. The molecule has 31 heavy (non-hydrogen) atoms. The van der Waals surface area contributed by atoms with Crippen molar-refractivity contribution in [2.45, 2.75) is 37.8 Å². The standard InChI is InChI=1S/C23H36FN3O4/c1-4-10-27-16-19(31-11-6-9-25)14-18(27)15-26-23(28)20-12-17(7-5-8-24)13-21(29-2)22(20)30-3/h4,12-13,18-19H,1,5-11,14-16,25H2,2-3H3,(H,26,28)/t18-,19+/m1/s1. The maximum absolute atomic E-state index is 13.0. The van der Waals surface area contributed by atoms with Gasteiger partial charge in [0, 0.05) is 32.3 Å².